The van der Waals surface area contributed by atoms with Crippen LogP contribution in [-0.2, 0) is 11.2 Å². The van der Waals surface area contributed by atoms with Crippen LogP contribution in [0.25, 0.3) is 0 Å². The quantitative estimate of drug-likeness (QED) is 0.797. The molecule has 0 unspecified atom stereocenters. The molecule has 7 heteroatoms. The largest absolute Gasteiger partial charge is 0.481 e. The molecule has 0 atom stereocenters. The number of aryl methyl sites for hydroxylation is 1. The normalized spacial score (nSPS) is 10.3. The lowest BCUT2D eigenvalue weighted by molar-refractivity contribution is -0.136. The van der Waals surface area contributed by atoms with Gasteiger partial charge in [0.2, 0.25) is 0 Å². The Morgan fingerprint density at radius 3 is 2.18 bits per heavy atom. The van der Waals surface area contributed by atoms with E-state index >= 15 is 0 Å². The molecule has 1 rings (SSSR count). The highest BCUT2D eigenvalue weighted by Gasteiger charge is 2.23. The maximum atomic E-state index is 13.3. The number of carbonyl (C=O) groups is 2. The lowest BCUT2D eigenvalue weighted by Crippen LogP contribution is -2.10. The van der Waals surface area contributed by atoms with E-state index in [9.17, 15) is 22.8 Å². The summed E-state index contributed by atoms with van der Waals surface area (Å²) in [6, 6.07) is 0.491. The molecule has 17 heavy (non-hydrogen) atoms. The Morgan fingerprint density at radius 1 is 1.12 bits per heavy atom. The van der Waals surface area contributed by atoms with Crippen LogP contribution in [0.1, 0.15) is 22.3 Å². The molecule has 4 nitrogen and oxygen atoms in total. The number of benzene rings is 1. The molecule has 0 bridgehead atoms. The van der Waals surface area contributed by atoms with E-state index in [1.54, 1.807) is 0 Å². The minimum atomic E-state index is -1.93. The van der Waals surface area contributed by atoms with Gasteiger partial charge in [-0.15, -0.1) is 0 Å². The number of hydrogen-bond acceptors (Lipinski definition) is 2. The van der Waals surface area contributed by atoms with Crippen molar-refractivity contribution in [1.29, 1.82) is 0 Å². The van der Waals surface area contributed by atoms with E-state index in [1.165, 1.54) is 0 Å². The highest BCUT2D eigenvalue weighted by atomic mass is 19.2. The van der Waals surface area contributed by atoms with Gasteiger partial charge in [0.15, 0.2) is 11.6 Å². The van der Waals surface area contributed by atoms with Gasteiger partial charge in [-0.1, -0.05) is 0 Å². The van der Waals surface area contributed by atoms with Gasteiger partial charge >= 0.3 is 11.9 Å². The van der Waals surface area contributed by atoms with Crippen LogP contribution < -0.4 is 0 Å². The van der Waals surface area contributed by atoms with Crippen molar-refractivity contribution < 1.29 is 33.0 Å². The molecule has 0 amide bonds. The second kappa shape index (κ2) is 4.86. The van der Waals surface area contributed by atoms with Crippen LogP contribution in [0.5, 0.6) is 0 Å². The van der Waals surface area contributed by atoms with Gasteiger partial charge in [0.1, 0.15) is 11.4 Å². The minimum Gasteiger partial charge on any atom is -0.481 e. The molecular weight excluding hydrogens is 241 g/mol. The molecule has 0 spiro atoms. The maximum Gasteiger partial charge on any atom is 0.341 e. The summed E-state index contributed by atoms with van der Waals surface area (Å²) in [4.78, 5) is 20.7. The summed E-state index contributed by atoms with van der Waals surface area (Å²) in [5, 5.41) is 16.8. The van der Waals surface area contributed by atoms with Gasteiger partial charge in [-0.25, -0.2) is 18.0 Å². The SMILES string of the molecule is O=C(O)CCc1cc(F)c(C(=O)O)c(F)c1F. The Balaban J connectivity index is 3.19. The van der Waals surface area contributed by atoms with Crippen LogP contribution >= 0.6 is 0 Å². The Labute approximate surface area is 93.3 Å². The molecule has 0 fully saturated rings. The third kappa shape index (κ3) is 2.74. The molecule has 92 valence electrons. The first-order chi connectivity index (χ1) is 7.84. The fourth-order valence-electron chi connectivity index (χ4n) is 1.26. The molecule has 0 saturated heterocycles. The van der Waals surface area contributed by atoms with Crippen LogP contribution in [0.4, 0.5) is 13.2 Å². The van der Waals surface area contributed by atoms with Gasteiger partial charge in [0.25, 0.3) is 0 Å². The van der Waals surface area contributed by atoms with Crippen LogP contribution in [-0.4, -0.2) is 22.2 Å². The predicted molar refractivity (Wildman–Crippen MR) is 49.2 cm³/mol. The van der Waals surface area contributed by atoms with E-state index in [2.05, 4.69) is 0 Å². The number of hydrogen-bond donors (Lipinski definition) is 2. The van der Waals surface area contributed by atoms with E-state index in [1.807, 2.05) is 0 Å². The minimum absolute atomic E-state index is 0.422. The summed E-state index contributed by atoms with van der Waals surface area (Å²) in [6.07, 6.45) is -0.933. The second-order valence-corrected chi connectivity index (χ2v) is 3.22. The van der Waals surface area contributed by atoms with E-state index < -0.39 is 53.4 Å². The van der Waals surface area contributed by atoms with Crippen molar-refractivity contribution in [2.24, 2.45) is 0 Å². The number of carboxylic acid groups (broad SMARTS) is 2. The smallest absolute Gasteiger partial charge is 0.341 e. The monoisotopic (exact) mass is 248 g/mol. The second-order valence-electron chi connectivity index (χ2n) is 3.22. The van der Waals surface area contributed by atoms with Crippen molar-refractivity contribution in [3.05, 3.63) is 34.6 Å². The van der Waals surface area contributed by atoms with Gasteiger partial charge in [-0.2, -0.15) is 0 Å². The van der Waals surface area contributed by atoms with Gasteiger partial charge in [0.05, 0.1) is 0 Å². The Kier molecular flexibility index (Phi) is 3.72. The van der Waals surface area contributed by atoms with Gasteiger partial charge in [0, 0.05) is 6.42 Å². The fraction of sp³-hybridized carbons (Fsp3) is 0.200. The lowest BCUT2D eigenvalue weighted by atomic mass is 10.0. The number of aromatic carboxylic acids is 1. The number of halogens is 3. The third-order valence-corrected chi connectivity index (χ3v) is 2.06. The van der Waals surface area contributed by atoms with E-state index in [-0.39, 0.29) is 0 Å². The van der Waals surface area contributed by atoms with E-state index in [0.717, 1.165) is 0 Å². The van der Waals surface area contributed by atoms with Crippen molar-refractivity contribution >= 4 is 11.9 Å². The first kappa shape index (κ1) is 13.0. The third-order valence-electron chi connectivity index (χ3n) is 2.06. The van der Waals surface area contributed by atoms with Crippen molar-refractivity contribution in [3.8, 4) is 0 Å². The summed E-state index contributed by atoms with van der Waals surface area (Å²) >= 11 is 0. The van der Waals surface area contributed by atoms with Crippen molar-refractivity contribution in [2.45, 2.75) is 12.8 Å². The molecule has 0 aliphatic carbocycles. The van der Waals surface area contributed by atoms with Gasteiger partial charge in [-0.05, 0) is 18.1 Å². The molecule has 0 aliphatic heterocycles. The van der Waals surface area contributed by atoms with Crippen LogP contribution in [0.15, 0.2) is 6.07 Å². The van der Waals surface area contributed by atoms with Crippen LogP contribution in [0.2, 0.25) is 0 Å². The number of carboxylic acids is 2. The molecule has 1 aromatic carbocycles. The molecule has 1 aromatic rings. The highest BCUT2D eigenvalue weighted by Crippen LogP contribution is 2.21. The molecular formula is C10H7F3O4. The zero-order valence-corrected chi connectivity index (χ0v) is 8.34. The fourth-order valence-corrected chi connectivity index (χ4v) is 1.26. The molecule has 0 aliphatic rings. The van der Waals surface area contributed by atoms with Crippen LogP contribution in [0.3, 0.4) is 0 Å². The molecule has 2 N–H and O–H groups in total. The average molecular weight is 248 g/mol. The lowest BCUT2D eigenvalue weighted by Gasteiger charge is -2.06. The van der Waals surface area contributed by atoms with E-state index in [4.69, 9.17) is 10.2 Å². The summed E-state index contributed by atoms with van der Waals surface area (Å²) in [5.74, 6) is -7.98. The maximum absolute atomic E-state index is 13.3. The van der Waals surface area contributed by atoms with Gasteiger partial charge in [-0.3, -0.25) is 4.79 Å². The van der Waals surface area contributed by atoms with Crippen molar-refractivity contribution in [1.82, 2.24) is 0 Å². The van der Waals surface area contributed by atoms with Gasteiger partial charge < -0.3 is 10.2 Å². The molecule has 0 aromatic heterocycles. The topological polar surface area (TPSA) is 74.6 Å². The van der Waals surface area contributed by atoms with Crippen molar-refractivity contribution in [2.75, 3.05) is 0 Å². The molecule has 0 heterocycles. The Bertz CT molecular complexity index is 485. The summed E-state index contributed by atoms with van der Waals surface area (Å²) in [6.45, 7) is 0. The highest BCUT2D eigenvalue weighted by molar-refractivity contribution is 5.88. The summed E-state index contributed by atoms with van der Waals surface area (Å²) in [5.41, 5.74) is -1.89. The predicted octanol–water partition coefficient (Wildman–Crippen LogP) is 1.82. The zero-order chi connectivity index (χ0) is 13.2. The Hall–Kier alpha value is -2.05. The Morgan fingerprint density at radius 2 is 1.71 bits per heavy atom. The average Bonchev–Trinajstić information content (AvgIpc) is 2.20. The first-order valence-corrected chi connectivity index (χ1v) is 4.46. The van der Waals surface area contributed by atoms with Crippen molar-refractivity contribution in [3.63, 3.8) is 0 Å². The molecule has 0 saturated carbocycles. The summed E-state index contributed by atoms with van der Waals surface area (Å²) < 4.78 is 39.5. The molecule has 0 radical (unpaired) electrons. The number of rotatable bonds is 4. The summed E-state index contributed by atoms with van der Waals surface area (Å²) in [7, 11) is 0. The standard InChI is InChI=1S/C10H7F3O4/c11-5-3-4(1-2-6(14)15)8(12)9(13)7(5)10(16)17/h3H,1-2H2,(H,14,15)(H,16,17). The van der Waals surface area contributed by atoms with E-state index in [0.29, 0.717) is 6.07 Å². The first-order valence-electron chi connectivity index (χ1n) is 4.46. The zero-order valence-electron chi connectivity index (χ0n) is 8.34. The van der Waals surface area contributed by atoms with Crippen LogP contribution in [0, 0.1) is 17.5 Å². The number of aliphatic carboxylic acids is 1.